The Morgan fingerprint density at radius 2 is 1.75 bits per heavy atom. The van der Waals surface area contributed by atoms with E-state index in [1.54, 1.807) is 43.5 Å². The maximum absolute atomic E-state index is 12.3. The van der Waals surface area contributed by atoms with Crippen LogP contribution in [0.4, 0.5) is 0 Å². The van der Waals surface area contributed by atoms with E-state index < -0.39 is 0 Å². The smallest absolute Gasteiger partial charge is 0.260 e. The number of hydrogen-bond acceptors (Lipinski definition) is 3. The summed E-state index contributed by atoms with van der Waals surface area (Å²) in [6.45, 7) is 5.85. The maximum Gasteiger partial charge on any atom is 0.260 e. The molecule has 0 aliphatic carbocycles. The summed E-state index contributed by atoms with van der Waals surface area (Å²) in [5.41, 5.74) is 1.83. The number of pyridine rings is 1. The third-order valence-corrected chi connectivity index (χ3v) is 4.05. The number of rotatable bonds is 2. The normalized spacial score (nSPS) is 10.2. The molecule has 5 heteroatoms. The van der Waals surface area contributed by atoms with Crippen molar-refractivity contribution in [1.82, 2.24) is 4.98 Å². The number of aromatic nitrogens is 1. The highest BCUT2D eigenvalue weighted by molar-refractivity contribution is 6.32. The van der Waals surface area contributed by atoms with E-state index in [1.807, 2.05) is 20.8 Å². The number of ether oxygens (including phenoxy) is 1. The van der Waals surface area contributed by atoms with Crippen molar-refractivity contribution in [3.8, 4) is 22.6 Å². The van der Waals surface area contributed by atoms with Crippen molar-refractivity contribution in [2.75, 3.05) is 7.11 Å². The highest BCUT2D eigenvalue weighted by atomic mass is 35.5. The molecule has 0 saturated carbocycles. The van der Waals surface area contributed by atoms with Crippen molar-refractivity contribution in [1.29, 1.82) is 0 Å². The van der Waals surface area contributed by atoms with Gasteiger partial charge in [0.15, 0.2) is 0 Å². The first kappa shape index (κ1) is 17.9. The topological polar surface area (TPSA) is 62.3 Å². The second-order valence-electron chi connectivity index (χ2n) is 5.05. The van der Waals surface area contributed by atoms with Gasteiger partial charge >= 0.3 is 0 Å². The van der Waals surface area contributed by atoms with Gasteiger partial charge in [0.25, 0.3) is 5.56 Å². The molecule has 2 aromatic carbocycles. The molecule has 0 radical (unpaired) electrons. The highest BCUT2D eigenvalue weighted by Gasteiger charge is 2.15. The number of benzene rings is 2. The van der Waals surface area contributed by atoms with Gasteiger partial charge in [-0.15, -0.1) is 0 Å². The number of halogens is 1. The molecule has 3 aromatic rings. The molecule has 1 heterocycles. The lowest BCUT2D eigenvalue weighted by Gasteiger charge is -2.10. The zero-order chi connectivity index (χ0) is 17.9. The molecule has 2 N–H and O–H groups in total. The van der Waals surface area contributed by atoms with Gasteiger partial charge in [-0.25, -0.2) is 0 Å². The lowest BCUT2D eigenvalue weighted by Crippen LogP contribution is -2.09. The molecule has 0 atom stereocenters. The van der Waals surface area contributed by atoms with Gasteiger partial charge in [0.1, 0.15) is 11.5 Å². The van der Waals surface area contributed by atoms with Crippen LogP contribution in [0.15, 0.2) is 41.2 Å². The molecule has 0 spiro atoms. The fraction of sp³-hybridized carbons (Fsp3) is 0.211. The van der Waals surface area contributed by atoms with Gasteiger partial charge in [0, 0.05) is 10.4 Å². The quantitative estimate of drug-likeness (QED) is 0.694. The Morgan fingerprint density at radius 1 is 1.12 bits per heavy atom. The van der Waals surface area contributed by atoms with Crippen LogP contribution in [0.3, 0.4) is 0 Å². The van der Waals surface area contributed by atoms with Crippen LogP contribution in [0.1, 0.15) is 19.4 Å². The molecule has 0 aliphatic rings. The van der Waals surface area contributed by atoms with E-state index in [1.165, 1.54) is 0 Å². The van der Waals surface area contributed by atoms with E-state index in [0.717, 1.165) is 5.56 Å². The molecule has 0 fully saturated rings. The Kier molecular flexibility index (Phi) is 5.52. The third kappa shape index (κ3) is 3.24. The Hall–Kier alpha value is -2.46. The average Bonchev–Trinajstić information content (AvgIpc) is 2.59. The van der Waals surface area contributed by atoms with Gasteiger partial charge in [0.05, 0.1) is 18.2 Å². The summed E-state index contributed by atoms with van der Waals surface area (Å²) < 4.78 is 5.10. The predicted octanol–water partition coefficient (Wildman–Crippen LogP) is 4.90. The lowest BCUT2D eigenvalue weighted by molar-refractivity contribution is 0.415. The largest absolute Gasteiger partial charge is 0.506 e. The fourth-order valence-electron chi connectivity index (χ4n) is 2.43. The number of aryl methyl sites for hydroxylation is 1. The van der Waals surface area contributed by atoms with Crippen molar-refractivity contribution in [2.45, 2.75) is 20.8 Å². The molecule has 24 heavy (non-hydrogen) atoms. The van der Waals surface area contributed by atoms with Crippen molar-refractivity contribution in [2.24, 2.45) is 0 Å². The Labute approximate surface area is 145 Å². The van der Waals surface area contributed by atoms with Crippen molar-refractivity contribution in [3.05, 3.63) is 57.3 Å². The van der Waals surface area contributed by atoms with Crippen LogP contribution in [0.25, 0.3) is 22.0 Å². The van der Waals surface area contributed by atoms with E-state index in [2.05, 4.69) is 4.98 Å². The highest BCUT2D eigenvalue weighted by Crippen LogP contribution is 2.34. The molecule has 4 nitrogen and oxygen atoms in total. The summed E-state index contributed by atoms with van der Waals surface area (Å²) in [5, 5.41) is 11.6. The van der Waals surface area contributed by atoms with Crippen molar-refractivity contribution >= 4 is 22.5 Å². The SMILES string of the molecule is CC.COc1ccc(-c2c(O)c3cc(C)c(Cl)cc3[nH]c2=O)cc1. The second kappa shape index (κ2) is 7.41. The summed E-state index contributed by atoms with van der Waals surface area (Å²) in [6, 6.07) is 10.4. The molecule has 0 aliphatic heterocycles. The standard InChI is InChI=1S/C17H14ClNO3.C2H6/c1-9-7-12-14(8-13(9)18)19-17(21)15(16(12)20)10-3-5-11(22-2)6-4-10;1-2/h3-8H,1-2H3,(H2,19,20,21);1-2H3. The second-order valence-corrected chi connectivity index (χ2v) is 5.46. The number of fused-ring (bicyclic) bond motifs is 1. The van der Waals surface area contributed by atoms with Crippen LogP contribution >= 0.6 is 11.6 Å². The van der Waals surface area contributed by atoms with Gasteiger partial charge in [-0.2, -0.15) is 0 Å². The minimum atomic E-state index is -0.366. The number of H-pyrrole nitrogens is 1. The summed E-state index contributed by atoms with van der Waals surface area (Å²) in [7, 11) is 1.57. The summed E-state index contributed by atoms with van der Waals surface area (Å²) in [6.07, 6.45) is 0. The first-order valence-electron chi connectivity index (χ1n) is 7.71. The van der Waals surface area contributed by atoms with Gasteiger partial charge in [-0.3, -0.25) is 4.79 Å². The van der Waals surface area contributed by atoms with Crippen molar-refractivity contribution in [3.63, 3.8) is 0 Å². The molecule has 0 bridgehead atoms. The van der Waals surface area contributed by atoms with Crippen molar-refractivity contribution < 1.29 is 9.84 Å². The number of aromatic hydroxyl groups is 1. The zero-order valence-electron chi connectivity index (χ0n) is 14.1. The van der Waals surface area contributed by atoms with Crippen LogP contribution in [0.5, 0.6) is 11.5 Å². The molecule has 3 rings (SSSR count). The predicted molar refractivity (Wildman–Crippen MR) is 99.3 cm³/mol. The molecule has 0 amide bonds. The molecule has 0 unspecified atom stereocenters. The van der Waals surface area contributed by atoms with Gasteiger partial charge in [-0.1, -0.05) is 37.6 Å². The van der Waals surface area contributed by atoms with Crippen LogP contribution < -0.4 is 10.3 Å². The Bertz CT molecular complexity index is 915. The summed E-state index contributed by atoms with van der Waals surface area (Å²) in [4.78, 5) is 15.1. The third-order valence-electron chi connectivity index (χ3n) is 3.64. The number of nitrogens with one attached hydrogen (secondary N) is 1. The molecular weight excluding hydrogens is 326 g/mol. The fourth-order valence-corrected chi connectivity index (χ4v) is 2.60. The van der Waals surface area contributed by atoms with Crippen LogP contribution in [0.2, 0.25) is 5.02 Å². The Balaban J connectivity index is 0.00000100. The van der Waals surface area contributed by atoms with E-state index in [9.17, 15) is 9.90 Å². The minimum absolute atomic E-state index is 0.0521. The van der Waals surface area contributed by atoms with Crippen LogP contribution in [0, 0.1) is 6.92 Å². The molecular formula is C19H20ClNO3. The minimum Gasteiger partial charge on any atom is -0.506 e. The van der Waals surface area contributed by atoms with Gasteiger partial charge < -0.3 is 14.8 Å². The Morgan fingerprint density at radius 3 is 2.33 bits per heavy atom. The van der Waals surface area contributed by atoms with Gasteiger partial charge in [0.2, 0.25) is 0 Å². The van der Waals surface area contributed by atoms with E-state index in [4.69, 9.17) is 16.3 Å². The van der Waals surface area contributed by atoms with Crippen LogP contribution in [-0.2, 0) is 0 Å². The number of methoxy groups -OCH3 is 1. The first-order chi connectivity index (χ1) is 11.5. The van der Waals surface area contributed by atoms with E-state index >= 15 is 0 Å². The van der Waals surface area contributed by atoms with Crippen LogP contribution in [-0.4, -0.2) is 17.2 Å². The molecule has 126 valence electrons. The number of hydrogen-bond donors (Lipinski definition) is 2. The molecule has 1 aromatic heterocycles. The monoisotopic (exact) mass is 345 g/mol. The first-order valence-corrected chi connectivity index (χ1v) is 8.08. The number of aromatic amines is 1. The van der Waals surface area contributed by atoms with E-state index in [-0.39, 0.29) is 16.9 Å². The summed E-state index contributed by atoms with van der Waals surface area (Å²) >= 11 is 6.06. The van der Waals surface area contributed by atoms with E-state index in [0.29, 0.717) is 27.2 Å². The zero-order valence-corrected chi connectivity index (χ0v) is 14.9. The van der Waals surface area contributed by atoms with Gasteiger partial charge in [-0.05, 0) is 42.3 Å². The summed E-state index contributed by atoms with van der Waals surface area (Å²) in [5.74, 6) is 0.631. The maximum atomic E-state index is 12.3. The average molecular weight is 346 g/mol. The molecule has 0 saturated heterocycles. The lowest BCUT2D eigenvalue weighted by atomic mass is 10.0.